The number of carbonyl (C=O) groups excluding carboxylic acids is 2. The van der Waals surface area contributed by atoms with Gasteiger partial charge in [-0.15, -0.1) is 0 Å². The van der Waals surface area contributed by atoms with Crippen LogP contribution in [0, 0.1) is 0 Å². The van der Waals surface area contributed by atoms with Gasteiger partial charge in [0, 0.05) is 6.42 Å². The Labute approximate surface area is 102 Å². The van der Waals surface area contributed by atoms with E-state index in [-0.39, 0.29) is 12.5 Å². The molecule has 0 fully saturated rings. The van der Waals surface area contributed by atoms with Crippen molar-refractivity contribution in [1.82, 2.24) is 5.01 Å². The van der Waals surface area contributed by atoms with Crippen LogP contribution in [0.5, 0.6) is 0 Å². The van der Waals surface area contributed by atoms with Gasteiger partial charge in [0.2, 0.25) is 5.91 Å². The average molecular weight is 245 g/mol. The highest BCUT2D eigenvalue weighted by Gasteiger charge is 2.25. The third kappa shape index (κ3) is 6.78. The van der Waals surface area contributed by atoms with E-state index in [0.29, 0.717) is 12.8 Å². The third-order valence-corrected chi connectivity index (χ3v) is 2.19. The quantitative estimate of drug-likeness (QED) is 0.431. The number of nitrogens with zero attached hydrogens (tertiary/aromatic N) is 1. The first-order chi connectivity index (χ1) is 7.67. The normalized spacial score (nSPS) is 13.0. The molecular weight excluding hydrogens is 222 g/mol. The molecule has 0 radical (unpaired) electrons. The Morgan fingerprint density at radius 2 is 1.88 bits per heavy atom. The Balaban J connectivity index is 4.37. The number of hydrogen-bond donors (Lipinski definition) is 2. The van der Waals surface area contributed by atoms with Gasteiger partial charge in [0.05, 0.1) is 6.04 Å². The Bertz CT molecular complexity index is 274. The van der Waals surface area contributed by atoms with Crippen LogP contribution in [0.3, 0.4) is 0 Å². The van der Waals surface area contributed by atoms with Gasteiger partial charge in [0.15, 0.2) is 0 Å². The first-order valence-corrected chi connectivity index (χ1v) is 5.72. The molecule has 17 heavy (non-hydrogen) atoms. The van der Waals surface area contributed by atoms with Crippen LogP contribution in [0.2, 0.25) is 0 Å². The fourth-order valence-electron chi connectivity index (χ4n) is 1.31. The van der Waals surface area contributed by atoms with Gasteiger partial charge in [-0.1, -0.05) is 6.92 Å². The van der Waals surface area contributed by atoms with Gasteiger partial charge in [0.25, 0.3) is 0 Å². The van der Waals surface area contributed by atoms with Crippen LogP contribution >= 0.6 is 0 Å². The van der Waals surface area contributed by atoms with Gasteiger partial charge in [-0.3, -0.25) is 4.79 Å². The van der Waals surface area contributed by atoms with Gasteiger partial charge in [-0.2, -0.15) is 0 Å². The van der Waals surface area contributed by atoms with Gasteiger partial charge >= 0.3 is 6.09 Å². The van der Waals surface area contributed by atoms with E-state index in [9.17, 15) is 9.59 Å². The topological polar surface area (TPSA) is 98.7 Å². The molecule has 0 bridgehead atoms. The van der Waals surface area contributed by atoms with E-state index in [1.54, 1.807) is 20.8 Å². The molecule has 4 N–H and O–H groups in total. The second-order valence-corrected chi connectivity index (χ2v) is 4.95. The predicted molar refractivity (Wildman–Crippen MR) is 64.8 cm³/mol. The van der Waals surface area contributed by atoms with Gasteiger partial charge < -0.3 is 10.5 Å². The molecule has 0 rings (SSSR count). The van der Waals surface area contributed by atoms with E-state index in [1.807, 2.05) is 6.92 Å². The SMILES string of the molecule is CC[C@@H](CCC(N)=O)N(N)C(=O)OC(C)(C)C. The van der Waals surface area contributed by atoms with Crippen molar-refractivity contribution in [2.24, 2.45) is 11.6 Å². The van der Waals surface area contributed by atoms with Crippen molar-refractivity contribution in [3.8, 4) is 0 Å². The summed E-state index contributed by atoms with van der Waals surface area (Å²) in [7, 11) is 0. The summed E-state index contributed by atoms with van der Waals surface area (Å²) in [6.45, 7) is 7.19. The molecule has 0 aromatic carbocycles. The summed E-state index contributed by atoms with van der Waals surface area (Å²) in [6.07, 6.45) is 0.702. The predicted octanol–water partition coefficient (Wildman–Crippen LogP) is 1.14. The van der Waals surface area contributed by atoms with Crippen molar-refractivity contribution in [3.63, 3.8) is 0 Å². The molecule has 100 valence electrons. The van der Waals surface area contributed by atoms with Crippen LogP contribution in [0.1, 0.15) is 47.0 Å². The molecule has 0 aromatic rings. The molecular formula is C11H23N3O3. The summed E-state index contributed by atoms with van der Waals surface area (Å²) >= 11 is 0. The highest BCUT2D eigenvalue weighted by molar-refractivity contribution is 5.74. The minimum atomic E-state index is -0.589. The van der Waals surface area contributed by atoms with Crippen LogP contribution < -0.4 is 11.6 Å². The first-order valence-electron chi connectivity index (χ1n) is 5.72. The third-order valence-electron chi connectivity index (χ3n) is 2.19. The fourth-order valence-corrected chi connectivity index (χ4v) is 1.31. The van der Waals surface area contributed by atoms with Gasteiger partial charge in [-0.05, 0) is 33.6 Å². The van der Waals surface area contributed by atoms with Crippen LogP contribution in [0.4, 0.5) is 4.79 Å². The zero-order valence-corrected chi connectivity index (χ0v) is 11.0. The molecule has 0 aliphatic rings. The molecule has 0 saturated heterocycles. The molecule has 0 aliphatic carbocycles. The lowest BCUT2D eigenvalue weighted by atomic mass is 10.1. The maximum absolute atomic E-state index is 11.7. The molecule has 2 amide bonds. The molecule has 0 saturated carbocycles. The van der Waals surface area contributed by atoms with Crippen molar-refractivity contribution in [2.75, 3.05) is 0 Å². The van der Waals surface area contributed by atoms with Crippen molar-refractivity contribution in [1.29, 1.82) is 0 Å². The zero-order chi connectivity index (χ0) is 13.6. The van der Waals surface area contributed by atoms with Crippen LogP contribution in [-0.2, 0) is 9.53 Å². The maximum atomic E-state index is 11.7. The minimum absolute atomic E-state index is 0.203. The molecule has 1 atom stereocenters. The lowest BCUT2D eigenvalue weighted by Gasteiger charge is -2.29. The monoisotopic (exact) mass is 245 g/mol. The Kier molecular flexibility index (Phi) is 5.95. The number of ether oxygens (including phenoxy) is 1. The summed E-state index contributed by atoms with van der Waals surface area (Å²) < 4.78 is 5.13. The number of nitrogens with two attached hydrogens (primary N) is 2. The fraction of sp³-hybridized carbons (Fsp3) is 0.818. The van der Waals surface area contributed by atoms with E-state index in [2.05, 4.69) is 0 Å². The lowest BCUT2D eigenvalue weighted by Crippen LogP contribution is -2.48. The van der Waals surface area contributed by atoms with Gasteiger partial charge in [0.1, 0.15) is 5.60 Å². The second kappa shape index (κ2) is 6.44. The zero-order valence-electron chi connectivity index (χ0n) is 11.0. The van der Waals surface area contributed by atoms with Crippen LogP contribution in [0.15, 0.2) is 0 Å². The average Bonchev–Trinajstić information content (AvgIpc) is 2.15. The van der Waals surface area contributed by atoms with E-state index in [0.717, 1.165) is 5.01 Å². The number of rotatable bonds is 5. The number of primary amides is 1. The maximum Gasteiger partial charge on any atom is 0.424 e. The van der Waals surface area contributed by atoms with Crippen molar-refractivity contribution < 1.29 is 14.3 Å². The van der Waals surface area contributed by atoms with E-state index >= 15 is 0 Å². The van der Waals surface area contributed by atoms with Crippen LogP contribution in [0.25, 0.3) is 0 Å². The second-order valence-electron chi connectivity index (χ2n) is 4.95. The molecule has 6 nitrogen and oxygen atoms in total. The number of amides is 2. The van der Waals surface area contributed by atoms with E-state index in [4.69, 9.17) is 16.3 Å². The standard InChI is InChI=1S/C11H23N3O3/c1-5-8(6-7-9(12)15)14(13)10(16)17-11(2,3)4/h8H,5-7,13H2,1-4H3,(H2,12,15)/t8-/m0/s1. The van der Waals surface area contributed by atoms with Gasteiger partial charge in [-0.25, -0.2) is 15.6 Å². The van der Waals surface area contributed by atoms with Crippen molar-refractivity contribution in [2.45, 2.75) is 58.6 Å². The van der Waals surface area contributed by atoms with E-state index in [1.165, 1.54) is 0 Å². The Hall–Kier alpha value is -1.30. The first kappa shape index (κ1) is 15.7. The highest BCUT2D eigenvalue weighted by atomic mass is 16.6. The number of carbonyl (C=O) groups is 2. The molecule has 6 heteroatoms. The Morgan fingerprint density at radius 1 is 1.35 bits per heavy atom. The van der Waals surface area contributed by atoms with Crippen molar-refractivity contribution >= 4 is 12.0 Å². The molecule has 0 unspecified atom stereocenters. The Morgan fingerprint density at radius 3 is 2.24 bits per heavy atom. The molecule has 0 aliphatic heterocycles. The summed E-state index contributed by atoms with van der Waals surface area (Å²) in [5, 5.41) is 1.04. The lowest BCUT2D eigenvalue weighted by molar-refractivity contribution is -0.118. The molecule has 0 spiro atoms. The van der Waals surface area contributed by atoms with Crippen LogP contribution in [-0.4, -0.2) is 28.7 Å². The highest BCUT2D eigenvalue weighted by Crippen LogP contribution is 2.13. The summed E-state index contributed by atoms with van der Waals surface area (Å²) in [5.74, 6) is 5.27. The van der Waals surface area contributed by atoms with E-state index < -0.39 is 17.6 Å². The smallest absolute Gasteiger partial charge is 0.424 e. The molecule has 0 aromatic heterocycles. The largest absolute Gasteiger partial charge is 0.443 e. The summed E-state index contributed by atoms with van der Waals surface area (Å²) in [4.78, 5) is 22.4. The number of hydrogen-bond acceptors (Lipinski definition) is 4. The summed E-state index contributed by atoms with van der Waals surface area (Å²) in [5.41, 5.74) is 4.47. The summed E-state index contributed by atoms with van der Waals surface area (Å²) in [6, 6.07) is -0.239. The molecule has 0 heterocycles. The van der Waals surface area contributed by atoms with Crippen molar-refractivity contribution in [3.05, 3.63) is 0 Å². The number of hydrazine groups is 1. The minimum Gasteiger partial charge on any atom is -0.443 e.